The Morgan fingerprint density at radius 3 is 3.04 bits per heavy atom. The second kappa shape index (κ2) is 6.40. The summed E-state index contributed by atoms with van der Waals surface area (Å²) in [6, 6.07) is 6.19. The Labute approximate surface area is 147 Å². The summed E-state index contributed by atoms with van der Waals surface area (Å²) in [6.07, 6.45) is 9.39. The highest BCUT2D eigenvalue weighted by atomic mass is 32.2. The van der Waals surface area contributed by atoms with Gasteiger partial charge in [0.2, 0.25) is 0 Å². The van der Waals surface area contributed by atoms with Gasteiger partial charge in [-0.25, -0.2) is 19.7 Å². The van der Waals surface area contributed by atoms with Crippen molar-refractivity contribution in [1.29, 1.82) is 0 Å². The van der Waals surface area contributed by atoms with Crippen LogP contribution >= 0.6 is 11.8 Å². The van der Waals surface area contributed by atoms with Gasteiger partial charge in [-0.3, -0.25) is 0 Å². The Balaban J connectivity index is 1.53. The standard InChI is InChI=1S/C17H13N5O2S/c23-15(24)4-2-12-9-22(10-20-12)8-11-1-3-14-13(7-11)21-16-17(25-14)19-6-5-18-16/h1-7,9-10H,8H2,(H,18,21)(H,23,24)/b4-2+. The topological polar surface area (TPSA) is 92.9 Å². The summed E-state index contributed by atoms with van der Waals surface area (Å²) in [7, 11) is 0. The van der Waals surface area contributed by atoms with Crippen molar-refractivity contribution < 1.29 is 9.90 Å². The fourth-order valence-electron chi connectivity index (χ4n) is 2.50. The van der Waals surface area contributed by atoms with Crippen molar-refractivity contribution in [2.45, 2.75) is 16.5 Å². The van der Waals surface area contributed by atoms with Crippen LogP contribution in [0.3, 0.4) is 0 Å². The molecule has 2 N–H and O–H groups in total. The van der Waals surface area contributed by atoms with Crippen LogP contribution in [0.2, 0.25) is 0 Å². The van der Waals surface area contributed by atoms with Crippen molar-refractivity contribution in [2.24, 2.45) is 0 Å². The minimum atomic E-state index is -0.990. The van der Waals surface area contributed by atoms with E-state index in [1.807, 2.05) is 10.8 Å². The molecule has 0 saturated carbocycles. The predicted octanol–water partition coefficient (Wildman–Crippen LogP) is 3.03. The van der Waals surface area contributed by atoms with Gasteiger partial charge < -0.3 is 15.0 Å². The molecule has 0 fully saturated rings. The van der Waals surface area contributed by atoms with Crippen LogP contribution < -0.4 is 5.32 Å². The molecule has 8 heteroatoms. The Morgan fingerprint density at radius 2 is 2.16 bits per heavy atom. The largest absolute Gasteiger partial charge is 0.478 e. The number of aromatic nitrogens is 4. The molecule has 2 aromatic heterocycles. The number of fused-ring (bicyclic) bond motifs is 2. The Hall–Kier alpha value is -3.13. The number of rotatable bonds is 4. The molecule has 1 aromatic carbocycles. The zero-order chi connectivity index (χ0) is 17.2. The summed E-state index contributed by atoms with van der Waals surface area (Å²) in [4.78, 5) is 24.5. The summed E-state index contributed by atoms with van der Waals surface area (Å²) < 4.78 is 1.91. The molecular weight excluding hydrogens is 338 g/mol. The van der Waals surface area contributed by atoms with Gasteiger partial charge in [0.1, 0.15) is 5.03 Å². The van der Waals surface area contributed by atoms with Gasteiger partial charge in [-0.15, -0.1) is 0 Å². The number of benzene rings is 1. The second-order valence-electron chi connectivity index (χ2n) is 5.41. The van der Waals surface area contributed by atoms with Gasteiger partial charge in [0, 0.05) is 36.1 Å². The molecule has 0 aliphatic carbocycles. The van der Waals surface area contributed by atoms with Crippen LogP contribution in [0.5, 0.6) is 0 Å². The lowest BCUT2D eigenvalue weighted by Crippen LogP contribution is -2.05. The highest BCUT2D eigenvalue weighted by Crippen LogP contribution is 2.42. The predicted molar refractivity (Wildman–Crippen MR) is 93.9 cm³/mol. The van der Waals surface area contributed by atoms with E-state index in [1.165, 1.54) is 6.08 Å². The lowest BCUT2D eigenvalue weighted by atomic mass is 10.2. The number of anilines is 2. The molecular formula is C17H13N5O2S. The molecule has 7 nitrogen and oxygen atoms in total. The highest BCUT2D eigenvalue weighted by Gasteiger charge is 2.17. The first kappa shape index (κ1) is 15.4. The van der Waals surface area contributed by atoms with E-state index in [4.69, 9.17) is 5.11 Å². The lowest BCUT2D eigenvalue weighted by Gasteiger charge is -2.19. The van der Waals surface area contributed by atoms with Gasteiger partial charge in [-0.2, -0.15) is 0 Å². The number of hydrogen-bond acceptors (Lipinski definition) is 6. The van der Waals surface area contributed by atoms with E-state index in [0.29, 0.717) is 12.2 Å². The van der Waals surface area contributed by atoms with Gasteiger partial charge in [0.15, 0.2) is 5.82 Å². The molecule has 3 aromatic rings. The molecule has 4 rings (SSSR count). The highest BCUT2D eigenvalue weighted by molar-refractivity contribution is 7.99. The molecule has 3 heterocycles. The summed E-state index contributed by atoms with van der Waals surface area (Å²) in [5.74, 6) is -0.225. The Kier molecular flexibility index (Phi) is 3.95. The summed E-state index contributed by atoms with van der Waals surface area (Å²) in [6.45, 7) is 0.640. The van der Waals surface area contributed by atoms with Crippen LogP contribution in [0, 0.1) is 0 Å². The van der Waals surface area contributed by atoms with E-state index >= 15 is 0 Å². The van der Waals surface area contributed by atoms with E-state index < -0.39 is 5.97 Å². The number of aliphatic carboxylic acids is 1. The van der Waals surface area contributed by atoms with Gasteiger partial charge in [-0.1, -0.05) is 17.8 Å². The smallest absolute Gasteiger partial charge is 0.328 e. The van der Waals surface area contributed by atoms with Crippen LogP contribution in [0.4, 0.5) is 11.5 Å². The number of carboxylic acids is 1. The average Bonchev–Trinajstić information content (AvgIpc) is 3.05. The van der Waals surface area contributed by atoms with Gasteiger partial charge >= 0.3 is 5.97 Å². The van der Waals surface area contributed by atoms with E-state index in [-0.39, 0.29) is 0 Å². The zero-order valence-corrected chi connectivity index (χ0v) is 13.8. The van der Waals surface area contributed by atoms with E-state index in [0.717, 1.165) is 33.1 Å². The number of imidazole rings is 1. The van der Waals surface area contributed by atoms with Crippen LogP contribution in [0.1, 0.15) is 11.3 Å². The van der Waals surface area contributed by atoms with Gasteiger partial charge in [0.05, 0.1) is 17.7 Å². The summed E-state index contributed by atoms with van der Waals surface area (Å²) >= 11 is 1.59. The summed E-state index contributed by atoms with van der Waals surface area (Å²) in [5.41, 5.74) is 2.71. The molecule has 0 amide bonds. The third-order valence-corrected chi connectivity index (χ3v) is 4.65. The van der Waals surface area contributed by atoms with Crippen LogP contribution in [-0.4, -0.2) is 30.6 Å². The number of carbonyl (C=O) groups is 1. The molecule has 0 unspecified atom stereocenters. The van der Waals surface area contributed by atoms with Crippen molar-refractivity contribution in [3.05, 3.63) is 60.5 Å². The normalized spacial score (nSPS) is 12.5. The van der Waals surface area contributed by atoms with E-state index in [1.54, 1.807) is 30.5 Å². The average molecular weight is 351 g/mol. The maximum atomic E-state index is 10.6. The monoisotopic (exact) mass is 351 g/mol. The molecule has 0 saturated heterocycles. The first-order valence-corrected chi connectivity index (χ1v) is 8.30. The van der Waals surface area contributed by atoms with E-state index in [2.05, 4.69) is 38.5 Å². The first-order chi connectivity index (χ1) is 12.2. The molecule has 25 heavy (non-hydrogen) atoms. The van der Waals surface area contributed by atoms with Crippen LogP contribution in [-0.2, 0) is 11.3 Å². The molecule has 0 radical (unpaired) electrons. The van der Waals surface area contributed by atoms with Crippen LogP contribution in [0.15, 0.2) is 59.1 Å². The third-order valence-electron chi connectivity index (χ3n) is 3.58. The molecule has 1 aliphatic rings. The fourth-order valence-corrected chi connectivity index (χ4v) is 3.38. The Morgan fingerprint density at radius 1 is 1.28 bits per heavy atom. The molecule has 0 spiro atoms. The van der Waals surface area contributed by atoms with Crippen molar-refractivity contribution >= 4 is 35.3 Å². The maximum absolute atomic E-state index is 10.6. The van der Waals surface area contributed by atoms with Crippen molar-refractivity contribution in [3.8, 4) is 0 Å². The molecule has 1 aliphatic heterocycles. The molecule has 0 bridgehead atoms. The van der Waals surface area contributed by atoms with Gasteiger partial charge in [-0.05, 0) is 23.8 Å². The lowest BCUT2D eigenvalue weighted by molar-refractivity contribution is -0.131. The number of hydrogen-bond donors (Lipinski definition) is 2. The van der Waals surface area contributed by atoms with Crippen molar-refractivity contribution in [1.82, 2.24) is 19.5 Å². The quantitative estimate of drug-likeness (QED) is 0.546. The summed E-state index contributed by atoms with van der Waals surface area (Å²) in [5, 5.41) is 12.8. The minimum absolute atomic E-state index is 0.609. The van der Waals surface area contributed by atoms with Gasteiger partial charge in [0.25, 0.3) is 0 Å². The van der Waals surface area contributed by atoms with Crippen molar-refractivity contribution in [3.63, 3.8) is 0 Å². The number of nitrogens with zero attached hydrogens (tertiary/aromatic N) is 4. The fraction of sp³-hybridized carbons (Fsp3) is 0.0588. The van der Waals surface area contributed by atoms with Crippen LogP contribution in [0.25, 0.3) is 6.08 Å². The number of carboxylic acid groups (broad SMARTS) is 1. The number of nitrogens with one attached hydrogen (secondary N) is 1. The third kappa shape index (κ3) is 3.38. The SMILES string of the molecule is O=C(O)/C=C/c1cn(Cc2ccc3c(c2)Nc2nccnc2S3)cn1. The van der Waals surface area contributed by atoms with E-state index in [9.17, 15) is 4.79 Å². The zero-order valence-electron chi connectivity index (χ0n) is 13.0. The van der Waals surface area contributed by atoms with Crippen molar-refractivity contribution in [2.75, 3.05) is 5.32 Å². The second-order valence-corrected chi connectivity index (χ2v) is 6.44. The minimum Gasteiger partial charge on any atom is -0.478 e. The first-order valence-electron chi connectivity index (χ1n) is 7.49. The maximum Gasteiger partial charge on any atom is 0.328 e. The Bertz CT molecular complexity index is 983. The molecule has 0 atom stereocenters. The molecule has 124 valence electrons.